The highest BCUT2D eigenvalue weighted by atomic mass is 16.4. The zero-order valence-corrected chi connectivity index (χ0v) is 7.50. The van der Waals surface area contributed by atoms with Gasteiger partial charge in [-0.25, -0.2) is 0 Å². The molecule has 0 bridgehead atoms. The zero-order valence-electron chi connectivity index (χ0n) is 7.50. The van der Waals surface area contributed by atoms with Crippen molar-refractivity contribution in [2.24, 2.45) is 0 Å². The molecule has 0 aromatic heterocycles. The van der Waals surface area contributed by atoms with Crippen molar-refractivity contribution in [1.29, 1.82) is 0 Å². The highest BCUT2D eigenvalue weighted by Crippen LogP contribution is 2.08. The Morgan fingerprint density at radius 2 is 2.08 bits per heavy atom. The second kappa shape index (κ2) is 5.35. The Balaban J connectivity index is 4.35. The van der Waals surface area contributed by atoms with Crippen LogP contribution in [0.25, 0.3) is 0 Å². The first-order valence-corrected chi connectivity index (χ1v) is 3.75. The molecule has 0 saturated heterocycles. The number of rotatable bonds is 4. The summed E-state index contributed by atoms with van der Waals surface area (Å²) in [5, 5.41) is 8.48. The van der Waals surface area contributed by atoms with Crippen molar-refractivity contribution in [3.05, 3.63) is 36.0 Å². The van der Waals surface area contributed by atoms with Crippen molar-refractivity contribution in [3.8, 4) is 0 Å². The fourth-order valence-electron chi connectivity index (χ4n) is 0.721. The number of hydrogen-bond donors (Lipinski definition) is 1. The Bertz CT molecular complexity index is 234. The zero-order chi connectivity index (χ0) is 9.56. The van der Waals surface area contributed by atoms with E-state index in [0.717, 1.165) is 11.1 Å². The number of allylic oxidation sites excluding steroid dienone is 4. The molecule has 2 heteroatoms. The van der Waals surface area contributed by atoms with Gasteiger partial charge in [-0.2, -0.15) is 0 Å². The van der Waals surface area contributed by atoms with E-state index in [0.29, 0.717) is 0 Å². The highest BCUT2D eigenvalue weighted by molar-refractivity contribution is 5.70. The Labute approximate surface area is 72.9 Å². The summed E-state index contributed by atoms with van der Waals surface area (Å²) < 4.78 is 0. The molecule has 0 radical (unpaired) electrons. The molecule has 66 valence electrons. The van der Waals surface area contributed by atoms with Crippen LogP contribution in [0.4, 0.5) is 0 Å². The first-order chi connectivity index (χ1) is 5.57. The SMILES string of the molecule is C=C/C=C\C(C)=C(/C)CC(=O)O. The van der Waals surface area contributed by atoms with Crippen LogP contribution in [-0.2, 0) is 4.79 Å². The molecule has 0 saturated carbocycles. The minimum absolute atomic E-state index is 0.104. The van der Waals surface area contributed by atoms with Gasteiger partial charge in [-0.15, -0.1) is 0 Å². The van der Waals surface area contributed by atoms with E-state index in [1.807, 2.05) is 19.9 Å². The Morgan fingerprint density at radius 1 is 1.50 bits per heavy atom. The first-order valence-electron chi connectivity index (χ1n) is 3.75. The molecule has 12 heavy (non-hydrogen) atoms. The summed E-state index contributed by atoms with van der Waals surface area (Å²) in [5.41, 5.74) is 1.86. The van der Waals surface area contributed by atoms with E-state index >= 15 is 0 Å². The number of hydrogen-bond acceptors (Lipinski definition) is 1. The summed E-state index contributed by atoms with van der Waals surface area (Å²) in [4.78, 5) is 10.3. The lowest BCUT2D eigenvalue weighted by molar-refractivity contribution is -0.136. The third kappa shape index (κ3) is 4.50. The van der Waals surface area contributed by atoms with Gasteiger partial charge in [0.15, 0.2) is 0 Å². The highest BCUT2D eigenvalue weighted by Gasteiger charge is 1.99. The monoisotopic (exact) mass is 166 g/mol. The third-order valence-corrected chi connectivity index (χ3v) is 1.57. The maximum atomic E-state index is 10.3. The van der Waals surface area contributed by atoms with E-state index in [1.54, 1.807) is 12.2 Å². The van der Waals surface area contributed by atoms with Crippen LogP contribution in [0.5, 0.6) is 0 Å². The summed E-state index contributed by atoms with van der Waals surface area (Å²) in [6.07, 6.45) is 5.41. The van der Waals surface area contributed by atoms with E-state index in [9.17, 15) is 4.79 Å². The van der Waals surface area contributed by atoms with Gasteiger partial charge in [0.05, 0.1) is 6.42 Å². The molecule has 0 atom stereocenters. The summed E-state index contributed by atoms with van der Waals surface area (Å²) in [6, 6.07) is 0. The van der Waals surface area contributed by atoms with Gasteiger partial charge in [0.25, 0.3) is 0 Å². The van der Waals surface area contributed by atoms with E-state index in [2.05, 4.69) is 6.58 Å². The van der Waals surface area contributed by atoms with Crippen LogP contribution in [0.15, 0.2) is 36.0 Å². The second-order valence-electron chi connectivity index (χ2n) is 2.63. The summed E-state index contributed by atoms with van der Waals surface area (Å²) in [6.45, 7) is 7.23. The van der Waals surface area contributed by atoms with Gasteiger partial charge in [-0.1, -0.05) is 36.0 Å². The average molecular weight is 166 g/mol. The smallest absolute Gasteiger partial charge is 0.307 e. The molecule has 0 aliphatic rings. The molecule has 0 aromatic carbocycles. The van der Waals surface area contributed by atoms with Crippen LogP contribution in [0.3, 0.4) is 0 Å². The van der Waals surface area contributed by atoms with Crippen LogP contribution in [0, 0.1) is 0 Å². The minimum atomic E-state index is -0.793. The van der Waals surface area contributed by atoms with Crippen molar-refractivity contribution in [1.82, 2.24) is 0 Å². The second-order valence-corrected chi connectivity index (χ2v) is 2.63. The van der Waals surface area contributed by atoms with Gasteiger partial charge in [0, 0.05) is 0 Å². The van der Waals surface area contributed by atoms with E-state index in [4.69, 9.17) is 5.11 Å². The van der Waals surface area contributed by atoms with Gasteiger partial charge in [0.2, 0.25) is 0 Å². The molecular weight excluding hydrogens is 152 g/mol. The average Bonchev–Trinajstić information content (AvgIpc) is 1.98. The van der Waals surface area contributed by atoms with Crippen molar-refractivity contribution in [2.75, 3.05) is 0 Å². The maximum Gasteiger partial charge on any atom is 0.307 e. The van der Waals surface area contributed by atoms with Crippen molar-refractivity contribution in [2.45, 2.75) is 20.3 Å². The van der Waals surface area contributed by atoms with Crippen molar-refractivity contribution >= 4 is 5.97 Å². The minimum Gasteiger partial charge on any atom is -0.481 e. The van der Waals surface area contributed by atoms with Crippen LogP contribution in [-0.4, -0.2) is 11.1 Å². The molecule has 0 fully saturated rings. The molecule has 1 N–H and O–H groups in total. The van der Waals surface area contributed by atoms with Crippen LogP contribution in [0.2, 0.25) is 0 Å². The summed E-state index contributed by atoms with van der Waals surface area (Å²) >= 11 is 0. The first kappa shape index (κ1) is 10.7. The van der Waals surface area contributed by atoms with Crippen LogP contribution < -0.4 is 0 Å². The molecule has 0 unspecified atom stereocenters. The fourth-order valence-corrected chi connectivity index (χ4v) is 0.721. The van der Waals surface area contributed by atoms with Gasteiger partial charge in [0.1, 0.15) is 0 Å². The third-order valence-electron chi connectivity index (χ3n) is 1.57. The lowest BCUT2D eigenvalue weighted by Gasteiger charge is -1.98. The number of aliphatic carboxylic acids is 1. The molecule has 0 heterocycles. The van der Waals surface area contributed by atoms with Gasteiger partial charge in [-0.05, 0) is 13.8 Å². The number of carboxylic acid groups (broad SMARTS) is 1. The van der Waals surface area contributed by atoms with E-state index < -0.39 is 5.97 Å². The predicted molar refractivity (Wildman–Crippen MR) is 50.0 cm³/mol. The van der Waals surface area contributed by atoms with Gasteiger partial charge < -0.3 is 5.11 Å². The van der Waals surface area contributed by atoms with Gasteiger partial charge in [-0.3, -0.25) is 4.79 Å². The molecule has 0 aromatic rings. The predicted octanol–water partition coefficient (Wildman–Crippen LogP) is 2.54. The summed E-state index contributed by atoms with van der Waals surface area (Å²) in [5.74, 6) is -0.793. The normalized spacial score (nSPS) is 12.8. The quantitative estimate of drug-likeness (QED) is 0.651. The van der Waals surface area contributed by atoms with Crippen LogP contribution >= 0.6 is 0 Å². The van der Waals surface area contributed by atoms with E-state index in [-0.39, 0.29) is 6.42 Å². The van der Waals surface area contributed by atoms with Crippen molar-refractivity contribution in [3.63, 3.8) is 0 Å². The molecule has 0 amide bonds. The molecular formula is C10H14O2. The van der Waals surface area contributed by atoms with Gasteiger partial charge >= 0.3 is 5.97 Å². The fraction of sp³-hybridized carbons (Fsp3) is 0.300. The lowest BCUT2D eigenvalue weighted by atomic mass is 10.1. The number of carboxylic acids is 1. The van der Waals surface area contributed by atoms with E-state index in [1.165, 1.54) is 0 Å². The van der Waals surface area contributed by atoms with Crippen LogP contribution in [0.1, 0.15) is 20.3 Å². The Kier molecular flexibility index (Phi) is 4.77. The topological polar surface area (TPSA) is 37.3 Å². The number of carbonyl (C=O) groups is 1. The largest absolute Gasteiger partial charge is 0.481 e. The molecule has 0 spiro atoms. The molecule has 0 aliphatic carbocycles. The van der Waals surface area contributed by atoms with Crippen molar-refractivity contribution < 1.29 is 9.90 Å². The molecule has 0 rings (SSSR count). The summed E-state index contributed by atoms with van der Waals surface area (Å²) in [7, 11) is 0. The lowest BCUT2D eigenvalue weighted by Crippen LogP contribution is -1.96. The standard InChI is InChI=1S/C10H14O2/c1-4-5-6-8(2)9(3)7-10(11)12/h4-6H,1,7H2,2-3H3,(H,11,12)/b6-5-,9-8+. The Hall–Kier alpha value is -1.31. The molecule has 2 nitrogen and oxygen atoms in total. The maximum absolute atomic E-state index is 10.3. The Morgan fingerprint density at radius 3 is 2.50 bits per heavy atom. The molecule has 0 aliphatic heterocycles.